The second-order valence-corrected chi connectivity index (χ2v) is 10.4. The second-order valence-electron chi connectivity index (χ2n) is 10.4. The van der Waals surface area contributed by atoms with Crippen molar-refractivity contribution in [2.45, 2.75) is 98.0 Å². The summed E-state index contributed by atoms with van der Waals surface area (Å²) in [7, 11) is 0. The highest BCUT2D eigenvalue weighted by molar-refractivity contribution is 5.66. The number of hydrogen-bond donors (Lipinski definition) is 0. The highest BCUT2D eigenvalue weighted by Crippen LogP contribution is 2.67. The first-order valence-corrected chi connectivity index (χ1v) is 11.1. The van der Waals surface area contributed by atoms with E-state index in [1.165, 1.54) is 51.4 Å². The molecule has 0 spiro atoms. The maximum Gasteiger partial charge on any atom is 0.302 e. The van der Waals surface area contributed by atoms with Crippen LogP contribution in [0, 0.1) is 40.4 Å². The van der Waals surface area contributed by atoms with Gasteiger partial charge in [0.2, 0.25) is 0 Å². The van der Waals surface area contributed by atoms with Crippen molar-refractivity contribution in [1.82, 2.24) is 0 Å². The second kappa shape index (κ2) is 6.27. The molecule has 0 aromatic carbocycles. The largest absolute Gasteiger partial charge is 0.463 e. The molecule has 142 valence electrons. The van der Waals surface area contributed by atoms with Gasteiger partial charge in [-0.1, -0.05) is 27.2 Å². The average Bonchev–Trinajstić information content (AvgIpc) is 2.91. The fraction of sp³-hybridized carbons (Fsp3) is 0.957. The zero-order chi connectivity index (χ0) is 17.8. The molecule has 2 heteroatoms. The third kappa shape index (κ3) is 2.69. The molecule has 8 atom stereocenters. The molecule has 0 bridgehead atoms. The quantitative estimate of drug-likeness (QED) is 0.574. The maximum atomic E-state index is 11.4. The Kier molecular flexibility index (Phi) is 4.48. The van der Waals surface area contributed by atoms with Gasteiger partial charge in [0.05, 0.1) is 0 Å². The van der Waals surface area contributed by atoms with Gasteiger partial charge in [0.15, 0.2) is 0 Å². The van der Waals surface area contributed by atoms with E-state index >= 15 is 0 Å². The number of hydrogen-bond acceptors (Lipinski definition) is 2. The first kappa shape index (κ1) is 17.9. The van der Waals surface area contributed by atoms with Crippen molar-refractivity contribution in [3.8, 4) is 0 Å². The van der Waals surface area contributed by atoms with Gasteiger partial charge in [-0.3, -0.25) is 4.79 Å². The van der Waals surface area contributed by atoms with Crippen LogP contribution in [0.2, 0.25) is 0 Å². The molecule has 0 saturated heterocycles. The highest BCUT2D eigenvalue weighted by Gasteiger charge is 2.59. The Balaban J connectivity index is 1.53. The lowest BCUT2D eigenvalue weighted by Gasteiger charge is -2.61. The van der Waals surface area contributed by atoms with Crippen molar-refractivity contribution in [1.29, 1.82) is 0 Å². The van der Waals surface area contributed by atoms with Crippen LogP contribution < -0.4 is 0 Å². The normalized spacial score (nSPS) is 52.0. The topological polar surface area (TPSA) is 26.3 Å². The molecule has 0 N–H and O–H groups in total. The molecule has 0 radical (unpaired) electrons. The van der Waals surface area contributed by atoms with Gasteiger partial charge < -0.3 is 4.74 Å². The van der Waals surface area contributed by atoms with Crippen molar-refractivity contribution < 1.29 is 9.53 Å². The maximum absolute atomic E-state index is 11.4. The summed E-state index contributed by atoms with van der Waals surface area (Å²) in [6.07, 6.45) is 13.8. The molecule has 0 aromatic heterocycles. The Hall–Kier alpha value is -0.530. The van der Waals surface area contributed by atoms with Crippen LogP contribution in [-0.4, -0.2) is 12.1 Å². The Morgan fingerprint density at radius 2 is 1.68 bits per heavy atom. The van der Waals surface area contributed by atoms with Crippen LogP contribution in [0.5, 0.6) is 0 Å². The highest BCUT2D eigenvalue weighted by atomic mass is 16.5. The minimum absolute atomic E-state index is 0.0905. The zero-order valence-electron chi connectivity index (χ0n) is 16.9. The van der Waals surface area contributed by atoms with Gasteiger partial charge in [0.25, 0.3) is 0 Å². The van der Waals surface area contributed by atoms with Crippen LogP contribution >= 0.6 is 0 Å². The summed E-state index contributed by atoms with van der Waals surface area (Å²) in [5.74, 6) is 4.55. The predicted molar refractivity (Wildman–Crippen MR) is 101 cm³/mol. The van der Waals surface area contributed by atoms with Gasteiger partial charge in [-0.2, -0.15) is 0 Å². The van der Waals surface area contributed by atoms with Gasteiger partial charge in [-0.05, 0) is 98.2 Å². The number of fused-ring (bicyclic) bond motifs is 5. The first-order valence-electron chi connectivity index (χ1n) is 11.1. The molecule has 4 aliphatic carbocycles. The molecule has 4 saturated carbocycles. The lowest BCUT2D eigenvalue weighted by molar-refractivity contribution is -0.160. The van der Waals surface area contributed by atoms with Crippen molar-refractivity contribution in [3.05, 3.63) is 0 Å². The van der Waals surface area contributed by atoms with E-state index in [0.29, 0.717) is 10.8 Å². The van der Waals surface area contributed by atoms with Crippen LogP contribution in [0.4, 0.5) is 0 Å². The van der Waals surface area contributed by atoms with Gasteiger partial charge >= 0.3 is 5.97 Å². The monoisotopic (exact) mass is 346 g/mol. The molecule has 4 rings (SSSR count). The van der Waals surface area contributed by atoms with Gasteiger partial charge in [0, 0.05) is 6.92 Å². The third-order valence-corrected chi connectivity index (χ3v) is 9.64. The lowest BCUT2D eigenvalue weighted by Crippen LogP contribution is -2.54. The Morgan fingerprint density at radius 1 is 0.960 bits per heavy atom. The van der Waals surface area contributed by atoms with E-state index in [1.807, 2.05) is 0 Å². The zero-order valence-corrected chi connectivity index (χ0v) is 16.9. The molecule has 2 nitrogen and oxygen atoms in total. The summed E-state index contributed by atoms with van der Waals surface area (Å²) < 4.78 is 5.60. The van der Waals surface area contributed by atoms with Crippen LogP contribution in [0.25, 0.3) is 0 Å². The summed E-state index contributed by atoms with van der Waals surface area (Å²) in [6, 6.07) is 0. The number of ether oxygens (including phenoxy) is 1. The number of carbonyl (C=O) groups excluding carboxylic acids is 1. The molecule has 0 amide bonds. The number of rotatable bonds is 2. The SMILES string of the molecule is CCC1CCC2C3CCC4CC(OC(C)=O)CCC4(C)C3CCC12C. The predicted octanol–water partition coefficient (Wildman–Crippen LogP) is 5.99. The van der Waals surface area contributed by atoms with E-state index in [9.17, 15) is 4.79 Å². The molecule has 0 aliphatic heterocycles. The Labute approximate surface area is 154 Å². The average molecular weight is 347 g/mol. The van der Waals surface area contributed by atoms with E-state index < -0.39 is 0 Å². The van der Waals surface area contributed by atoms with Gasteiger partial charge in [0.1, 0.15) is 6.10 Å². The summed E-state index contributed by atoms with van der Waals surface area (Å²) in [5, 5.41) is 0. The van der Waals surface area contributed by atoms with Crippen molar-refractivity contribution in [2.75, 3.05) is 0 Å². The van der Waals surface area contributed by atoms with E-state index in [1.54, 1.807) is 6.92 Å². The third-order valence-electron chi connectivity index (χ3n) is 9.64. The van der Waals surface area contributed by atoms with Gasteiger partial charge in [-0.25, -0.2) is 0 Å². The molecule has 0 aromatic rings. The van der Waals surface area contributed by atoms with E-state index in [-0.39, 0.29) is 12.1 Å². The summed E-state index contributed by atoms with van der Waals surface area (Å²) in [4.78, 5) is 11.4. The lowest BCUT2D eigenvalue weighted by atomic mass is 9.44. The van der Waals surface area contributed by atoms with Crippen LogP contribution in [0.15, 0.2) is 0 Å². The standard InChI is InChI=1S/C23H38O2/c1-5-16-7-9-20-19-8-6-17-14-18(25-15(2)24)10-12-23(17,4)21(19)11-13-22(16,20)3/h16-21H,5-14H2,1-4H3. The van der Waals surface area contributed by atoms with Crippen molar-refractivity contribution in [2.24, 2.45) is 40.4 Å². The van der Waals surface area contributed by atoms with Gasteiger partial charge in [-0.15, -0.1) is 0 Å². The fourth-order valence-electron chi connectivity index (χ4n) is 8.34. The Bertz CT molecular complexity index is 528. The summed E-state index contributed by atoms with van der Waals surface area (Å²) >= 11 is 0. The van der Waals surface area contributed by atoms with E-state index in [2.05, 4.69) is 20.8 Å². The molecule has 4 aliphatic rings. The minimum atomic E-state index is -0.0905. The van der Waals surface area contributed by atoms with Crippen LogP contribution in [-0.2, 0) is 9.53 Å². The number of carbonyl (C=O) groups is 1. The smallest absolute Gasteiger partial charge is 0.302 e. The minimum Gasteiger partial charge on any atom is -0.463 e. The molecular weight excluding hydrogens is 308 g/mol. The molecule has 8 unspecified atom stereocenters. The Morgan fingerprint density at radius 3 is 2.40 bits per heavy atom. The van der Waals surface area contributed by atoms with E-state index in [4.69, 9.17) is 4.74 Å². The number of esters is 1. The van der Waals surface area contributed by atoms with Crippen LogP contribution in [0.3, 0.4) is 0 Å². The molecule has 25 heavy (non-hydrogen) atoms. The molecule has 4 fully saturated rings. The van der Waals surface area contributed by atoms with Crippen molar-refractivity contribution in [3.63, 3.8) is 0 Å². The van der Waals surface area contributed by atoms with Crippen molar-refractivity contribution >= 4 is 5.97 Å². The first-order chi connectivity index (χ1) is 11.9. The molecular formula is C23H38O2. The van der Waals surface area contributed by atoms with E-state index in [0.717, 1.165) is 42.4 Å². The van der Waals surface area contributed by atoms with Crippen LogP contribution in [0.1, 0.15) is 91.9 Å². The summed E-state index contributed by atoms with van der Waals surface area (Å²) in [5.41, 5.74) is 1.14. The molecule has 0 heterocycles. The summed E-state index contributed by atoms with van der Waals surface area (Å²) in [6.45, 7) is 9.23. The fourth-order valence-corrected chi connectivity index (χ4v) is 8.34.